The number of nitrogens with zero attached hydrogens (tertiary/aromatic N) is 3. The first-order valence-electron chi connectivity index (χ1n) is 9.89. The zero-order chi connectivity index (χ0) is 20.1. The molecular weight excluding hydrogens is 368 g/mol. The summed E-state index contributed by atoms with van der Waals surface area (Å²) in [4.78, 5) is 15.0. The van der Waals surface area contributed by atoms with Gasteiger partial charge in [-0.15, -0.1) is 10.2 Å². The molecule has 1 atom stereocenters. The molecule has 4 rings (SSSR count). The number of hydrogen-bond acceptors (Lipinski definition) is 5. The van der Waals surface area contributed by atoms with Crippen LogP contribution in [0.15, 0.2) is 59.3 Å². The first-order valence-corrected chi connectivity index (χ1v) is 9.89. The monoisotopic (exact) mass is 392 g/mol. The van der Waals surface area contributed by atoms with Crippen molar-refractivity contribution < 1.29 is 14.3 Å². The molecule has 0 bridgehead atoms. The number of amides is 2. The van der Waals surface area contributed by atoms with Crippen LogP contribution in [-0.2, 0) is 6.42 Å². The summed E-state index contributed by atoms with van der Waals surface area (Å²) in [5, 5.41) is 19.9. The van der Waals surface area contributed by atoms with Gasteiger partial charge in [0.15, 0.2) is 0 Å². The molecule has 0 aliphatic heterocycles. The zero-order valence-corrected chi connectivity index (χ0v) is 16.1. The van der Waals surface area contributed by atoms with E-state index in [0.717, 1.165) is 24.8 Å². The molecule has 150 valence electrons. The summed E-state index contributed by atoms with van der Waals surface area (Å²) in [5.74, 6) is 0.402. The van der Waals surface area contributed by atoms with Crippen molar-refractivity contribution in [2.24, 2.45) is 0 Å². The molecule has 2 N–H and O–H groups in total. The highest BCUT2D eigenvalue weighted by atomic mass is 16.4. The average molecular weight is 392 g/mol. The van der Waals surface area contributed by atoms with Crippen LogP contribution in [0, 0.1) is 0 Å². The van der Waals surface area contributed by atoms with Crippen molar-refractivity contribution in [1.82, 2.24) is 15.1 Å². The van der Waals surface area contributed by atoms with Gasteiger partial charge in [0.25, 0.3) is 0 Å². The lowest BCUT2D eigenvalue weighted by molar-refractivity contribution is 0.169. The molecule has 1 aliphatic carbocycles. The van der Waals surface area contributed by atoms with Crippen LogP contribution in [0.3, 0.4) is 0 Å². The maximum atomic E-state index is 13.2. The van der Waals surface area contributed by atoms with Crippen LogP contribution in [0.4, 0.5) is 10.5 Å². The normalized spacial score (nSPS) is 15.6. The minimum absolute atomic E-state index is 0.00521. The van der Waals surface area contributed by atoms with Gasteiger partial charge in [-0.2, -0.15) is 0 Å². The Morgan fingerprint density at radius 3 is 2.97 bits per heavy atom. The van der Waals surface area contributed by atoms with Crippen molar-refractivity contribution in [2.45, 2.75) is 31.7 Å². The third-order valence-electron chi connectivity index (χ3n) is 5.25. The maximum absolute atomic E-state index is 13.2. The van der Waals surface area contributed by atoms with E-state index in [9.17, 15) is 9.90 Å². The fourth-order valence-corrected chi connectivity index (χ4v) is 3.92. The predicted molar refractivity (Wildman–Crippen MR) is 109 cm³/mol. The Morgan fingerprint density at radius 2 is 2.14 bits per heavy atom. The van der Waals surface area contributed by atoms with E-state index in [1.807, 2.05) is 41.3 Å². The number of nitrogens with one attached hydrogen (secondary N) is 1. The lowest BCUT2D eigenvalue weighted by Crippen LogP contribution is -2.40. The van der Waals surface area contributed by atoms with Crippen molar-refractivity contribution in [1.29, 1.82) is 0 Å². The topological polar surface area (TPSA) is 91.5 Å². The van der Waals surface area contributed by atoms with E-state index in [2.05, 4.69) is 27.6 Å². The van der Waals surface area contributed by atoms with Crippen molar-refractivity contribution in [3.8, 4) is 11.5 Å². The van der Waals surface area contributed by atoms with Crippen LogP contribution < -0.4 is 5.32 Å². The molecule has 2 aromatic carbocycles. The third-order valence-corrected chi connectivity index (χ3v) is 5.25. The Bertz CT molecular complexity index is 958. The fourth-order valence-electron chi connectivity index (χ4n) is 3.92. The largest absolute Gasteiger partial charge is 0.423 e. The average Bonchev–Trinajstić information content (AvgIpc) is 3.29. The highest BCUT2D eigenvalue weighted by molar-refractivity contribution is 5.90. The lowest BCUT2D eigenvalue weighted by atomic mass is 9.87. The summed E-state index contributed by atoms with van der Waals surface area (Å²) in [6.45, 7) is 0.537. The molecule has 0 unspecified atom stereocenters. The summed E-state index contributed by atoms with van der Waals surface area (Å²) in [6, 6.07) is 15.5. The van der Waals surface area contributed by atoms with Gasteiger partial charge >= 0.3 is 6.03 Å². The summed E-state index contributed by atoms with van der Waals surface area (Å²) < 4.78 is 5.24. The molecular formula is C22H24N4O3. The third kappa shape index (κ3) is 4.30. The van der Waals surface area contributed by atoms with E-state index in [1.165, 1.54) is 17.5 Å². The Labute approximate surface area is 169 Å². The fraction of sp³-hybridized carbons (Fsp3) is 0.318. The van der Waals surface area contributed by atoms with Crippen LogP contribution in [0.25, 0.3) is 11.5 Å². The van der Waals surface area contributed by atoms with E-state index < -0.39 is 0 Å². The molecule has 7 nitrogen and oxygen atoms in total. The Balaban J connectivity index is 1.57. The van der Waals surface area contributed by atoms with Crippen molar-refractivity contribution in [3.05, 3.63) is 66.1 Å². The minimum Gasteiger partial charge on any atom is -0.423 e. The summed E-state index contributed by atoms with van der Waals surface area (Å²) in [6.07, 6.45) is 4.80. The predicted octanol–water partition coefficient (Wildman–Crippen LogP) is 4.03. The second-order valence-electron chi connectivity index (χ2n) is 7.13. The molecule has 1 heterocycles. The Hall–Kier alpha value is -3.19. The van der Waals surface area contributed by atoms with E-state index in [1.54, 1.807) is 0 Å². The van der Waals surface area contributed by atoms with Crippen LogP contribution in [0.5, 0.6) is 0 Å². The van der Waals surface area contributed by atoms with E-state index in [0.29, 0.717) is 24.5 Å². The first-order chi connectivity index (χ1) is 14.3. The molecule has 2 amide bonds. The van der Waals surface area contributed by atoms with Gasteiger partial charge < -0.3 is 19.7 Å². The summed E-state index contributed by atoms with van der Waals surface area (Å²) in [7, 11) is 0. The smallest absolute Gasteiger partial charge is 0.322 e. The Kier molecular flexibility index (Phi) is 5.86. The maximum Gasteiger partial charge on any atom is 0.322 e. The van der Waals surface area contributed by atoms with Crippen LogP contribution in [0.1, 0.15) is 36.4 Å². The van der Waals surface area contributed by atoms with Crippen molar-refractivity contribution >= 4 is 11.7 Å². The molecule has 0 spiro atoms. The number of aromatic nitrogens is 2. The van der Waals surface area contributed by atoms with Gasteiger partial charge in [-0.1, -0.05) is 30.3 Å². The van der Waals surface area contributed by atoms with E-state index >= 15 is 0 Å². The molecule has 29 heavy (non-hydrogen) atoms. The van der Waals surface area contributed by atoms with Crippen molar-refractivity contribution in [2.75, 3.05) is 18.5 Å². The van der Waals surface area contributed by atoms with Gasteiger partial charge in [0.1, 0.15) is 0 Å². The number of fused-ring (bicyclic) bond motifs is 1. The van der Waals surface area contributed by atoms with Crippen LogP contribution in [-0.4, -0.2) is 39.4 Å². The van der Waals surface area contributed by atoms with Gasteiger partial charge in [0.05, 0.1) is 6.04 Å². The highest BCUT2D eigenvalue weighted by Crippen LogP contribution is 2.34. The van der Waals surface area contributed by atoms with E-state index in [4.69, 9.17) is 4.42 Å². The number of benzene rings is 2. The highest BCUT2D eigenvalue weighted by Gasteiger charge is 2.29. The molecule has 0 fully saturated rings. The van der Waals surface area contributed by atoms with Crippen LogP contribution in [0.2, 0.25) is 0 Å². The molecule has 0 radical (unpaired) electrons. The number of carbonyl (C=O) groups is 1. The number of urea groups is 1. The summed E-state index contributed by atoms with van der Waals surface area (Å²) >= 11 is 0. The molecule has 0 saturated carbocycles. The number of aliphatic hydroxyl groups is 1. The zero-order valence-electron chi connectivity index (χ0n) is 16.1. The molecule has 1 aromatic heterocycles. The number of carbonyl (C=O) groups excluding carboxylic acids is 1. The molecule has 0 saturated heterocycles. The second kappa shape index (κ2) is 8.87. The lowest BCUT2D eigenvalue weighted by Gasteiger charge is -2.36. The first kappa shape index (κ1) is 19.1. The molecule has 1 aliphatic rings. The number of anilines is 1. The minimum atomic E-state index is -0.178. The van der Waals surface area contributed by atoms with Crippen LogP contribution >= 0.6 is 0 Å². The van der Waals surface area contributed by atoms with Gasteiger partial charge in [-0.05, 0) is 55.0 Å². The van der Waals surface area contributed by atoms with E-state index in [-0.39, 0.29) is 18.7 Å². The Morgan fingerprint density at radius 1 is 1.24 bits per heavy atom. The standard InChI is InChI=1S/C22H24N4O3/c27-13-5-12-26(20-11-4-7-16-6-1-2-10-19(16)20)22(28)24-18-9-3-8-17(14-18)21-25-23-15-29-21/h1-3,6,8-10,14-15,20,27H,4-5,7,11-13H2,(H,24,28)/t20-/m0/s1. The second-order valence-corrected chi connectivity index (χ2v) is 7.13. The summed E-state index contributed by atoms with van der Waals surface area (Å²) in [5.41, 5.74) is 3.89. The number of aryl methyl sites for hydroxylation is 1. The van der Waals surface area contributed by atoms with Crippen molar-refractivity contribution in [3.63, 3.8) is 0 Å². The van der Waals surface area contributed by atoms with Gasteiger partial charge in [-0.25, -0.2) is 4.79 Å². The van der Waals surface area contributed by atoms with Gasteiger partial charge in [-0.3, -0.25) is 0 Å². The van der Waals surface area contributed by atoms with Gasteiger partial charge in [0, 0.05) is 24.4 Å². The number of hydrogen-bond donors (Lipinski definition) is 2. The molecule has 7 heteroatoms. The number of rotatable bonds is 6. The SMILES string of the molecule is O=C(Nc1cccc(-c2nnco2)c1)N(CCCO)[C@H]1CCCc2ccccc21. The van der Waals surface area contributed by atoms with Gasteiger partial charge in [0.2, 0.25) is 12.3 Å². The number of aliphatic hydroxyl groups excluding tert-OH is 1. The molecule has 3 aromatic rings. The quantitative estimate of drug-likeness (QED) is 0.661.